The zero-order chi connectivity index (χ0) is 15.2. The Kier molecular flexibility index (Phi) is 6.40. The monoisotopic (exact) mass is 410 g/mol. The number of benzene rings is 1. The smallest absolute Gasteiger partial charge is 0.0719 e. The van der Waals surface area contributed by atoms with Crippen molar-refractivity contribution in [1.29, 1.82) is 0 Å². The molecule has 0 saturated carbocycles. The summed E-state index contributed by atoms with van der Waals surface area (Å²) in [5, 5.41) is 3.61. The SMILES string of the molecule is CCCNC(Cc1ccccc1C)c1ncc(Br)cc1Br. The van der Waals surface area contributed by atoms with Crippen LogP contribution in [0.1, 0.15) is 36.2 Å². The average Bonchev–Trinajstić information content (AvgIpc) is 2.46. The maximum atomic E-state index is 4.60. The van der Waals surface area contributed by atoms with Gasteiger partial charge in [-0.05, 0) is 75.4 Å². The highest BCUT2D eigenvalue weighted by Gasteiger charge is 2.17. The third-order valence-electron chi connectivity index (χ3n) is 3.49. The van der Waals surface area contributed by atoms with Gasteiger partial charge >= 0.3 is 0 Å². The summed E-state index contributed by atoms with van der Waals surface area (Å²) in [5.74, 6) is 0. The summed E-state index contributed by atoms with van der Waals surface area (Å²) in [6.07, 6.45) is 3.91. The minimum absolute atomic E-state index is 0.216. The number of nitrogens with zero attached hydrogens (tertiary/aromatic N) is 1. The zero-order valence-corrected chi connectivity index (χ0v) is 15.5. The molecular formula is C17H20Br2N2. The molecule has 4 heteroatoms. The number of aromatic nitrogens is 1. The summed E-state index contributed by atoms with van der Waals surface area (Å²) >= 11 is 7.10. The highest BCUT2D eigenvalue weighted by molar-refractivity contribution is 9.11. The number of hydrogen-bond donors (Lipinski definition) is 1. The number of nitrogens with one attached hydrogen (secondary N) is 1. The second-order valence-corrected chi connectivity index (χ2v) is 6.93. The van der Waals surface area contributed by atoms with Crippen LogP contribution >= 0.6 is 31.9 Å². The van der Waals surface area contributed by atoms with Crippen LogP contribution in [-0.4, -0.2) is 11.5 Å². The molecule has 0 radical (unpaired) electrons. The van der Waals surface area contributed by atoms with E-state index in [2.05, 4.69) is 86.3 Å². The van der Waals surface area contributed by atoms with Crippen molar-refractivity contribution in [2.24, 2.45) is 0 Å². The van der Waals surface area contributed by atoms with Crippen LogP contribution in [-0.2, 0) is 6.42 Å². The van der Waals surface area contributed by atoms with E-state index < -0.39 is 0 Å². The second-order valence-electron chi connectivity index (χ2n) is 5.16. The van der Waals surface area contributed by atoms with Crippen LogP contribution in [0.2, 0.25) is 0 Å². The lowest BCUT2D eigenvalue weighted by Crippen LogP contribution is -2.25. The van der Waals surface area contributed by atoms with Crippen LogP contribution in [0.3, 0.4) is 0 Å². The first-order valence-electron chi connectivity index (χ1n) is 7.20. The molecule has 1 aromatic carbocycles. The van der Waals surface area contributed by atoms with E-state index in [9.17, 15) is 0 Å². The second kappa shape index (κ2) is 8.06. The number of halogens is 2. The lowest BCUT2D eigenvalue weighted by molar-refractivity contribution is 0.515. The van der Waals surface area contributed by atoms with Crippen LogP contribution < -0.4 is 5.32 Å². The Balaban J connectivity index is 2.27. The number of hydrogen-bond acceptors (Lipinski definition) is 2. The first kappa shape index (κ1) is 16.7. The van der Waals surface area contributed by atoms with Gasteiger partial charge in [0.05, 0.1) is 11.7 Å². The summed E-state index contributed by atoms with van der Waals surface area (Å²) in [4.78, 5) is 4.60. The van der Waals surface area contributed by atoms with Crippen LogP contribution in [0.5, 0.6) is 0 Å². The topological polar surface area (TPSA) is 24.9 Å². The Labute approximate surface area is 143 Å². The summed E-state index contributed by atoms with van der Waals surface area (Å²) in [6.45, 7) is 5.33. The summed E-state index contributed by atoms with van der Waals surface area (Å²) in [6, 6.07) is 10.8. The van der Waals surface area contributed by atoms with Gasteiger partial charge in [0.1, 0.15) is 0 Å². The molecular weight excluding hydrogens is 392 g/mol. The molecule has 112 valence electrons. The van der Waals surface area contributed by atoms with Crippen molar-refractivity contribution in [2.45, 2.75) is 32.7 Å². The predicted molar refractivity (Wildman–Crippen MR) is 95.6 cm³/mol. The van der Waals surface area contributed by atoms with E-state index in [0.29, 0.717) is 0 Å². The van der Waals surface area contributed by atoms with Gasteiger partial charge in [-0.1, -0.05) is 31.2 Å². The van der Waals surface area contributed by atoms with Crippen molar-refractivity contribution < 1.29 is 0 Å². The van der Waals surface area contributed by atoms with Gasteiger partial charge in [-0.15, -0.1) is 0 Å². The largest absolute Gasteiger partial charge is 0.308 e. The van der Waals surface area contributed by atoms with E-state index in [1.165, 1.54) is 11.1 Å². The Bertz CT molecular complexity index is 599. The standard InChI is InChI=1S/C17H20Br2N2/c1-3-8-20-16(9-13-7-5-4-6-12(13)2)17-15(19)10-14(18)11-21-17/h4-7,10-11,16,20H,3,8-9H2,1-2H3. The summed E-state index contributed by atoms with van der Waals surface area (Å²) in [7, 11) is 0. The van der Waals surface area contributed by atoms with Gasteiger partial charge in [-0.25, -0.2) is 0 Å². The van der Waals surface area contributed by atoms with Crippen molar-refractivity contribution in [1.82, 2.24) is 10.3 Å². The molecule has 1 heterocycles. The first-order chi connectivity index (χ1) is 10.1. The fourth-order valence-electron chi connectivity index (χ4n) is 2.32. The Hall–Kier alpha value is -0.710. The normalized spacial score (nSPS) is 12.4. The van der Waals surface area contributed by atoms with Crippen LogP contribution in [0.15, 0.2) is 45.5 Å². The third kappa shape index (κ3) is 4.63. The van der Waals surface area contributed by atoms with E-state index in [0.717, 1.165) is 34.0 Å². The molecule has 0 fully saturated rings. The van der Waals surface area contributed by atoms with Crippen molar-refractivity contribution in [2.75, 3.05) is 6.54 Å². The van der Waals surface area contributed by atoms with E-state index in [-0.39, 0.29) is 6.04 Å². The van der Waals surface area contributed by atoms with Gasteiger partial charge in [-0.2, -0.15) is 0 Å². The highest BCUT2D eigenvalue weighted by atomic mass is 79.9. The summed E-state index contributed by atoms with van der Waals surface area (Å²) < 4.78 is 2.03. The molecule has 1 aromatic heterocycles. The van der Waals surface area contributed by atoms with Crippen molar-refractivity contribution in [3.63, 3.8) is 0 Å². The minimum Gasteiger partial charge on any atom is -0.308 e. The molecule has 0 saturated heterocycles. The summed E-state index contributed by atoms with van der Waals surface area (Å²) in [5.41, 5.74) is 3.76. The molecule has 0 aliphatic rings. The Morgan fingerprint density at radius 3 is 2.67 bits per heavy atom. The molecule has 2 nitrogen and oxygen atoms in total. The van der Waals surface area contributed by atoms with E-state index in [1.807, 2.05) is 6.20 Å². The number of pyridine rings is 1. The van der Waals surface area contributed by atoms with Crippen molar-refractivity contribution in [3.8, 4) is 0 Å². The lowest BCUT2D eigenvalue weighted by atomic mass is 9.99. The minimum atomic E-state index is 0.216. The van der Waals surface area contributed by atoms with E-state index >= 15 is 0 Å². The van der Waals surface area contributed by atoms with Gasteiger partial charge in [0, 0.05) is 15.1 Å². The van der Waals surface area contributed by atoms with Gasteiger partial charge in [0.25, 0.3) is 0 Å². The first-order valence-corrected chi connectivity index (χ1v) is 8.79. The van der Waals surface area contributed by atoms with Gasteiger partial charge < -0.3 is 5.32 Å². The van der Waals surface area contributed by atoms with E-state index in [1.54, 1.807) is 0 Å². The van der Waals surface area contributed by atoms with Crippen LogP contribution in [0, 0.1) is 6.92 Å². The molecule has 0 aliphatic heterocycles. The van der Waals surface area contributed by atoms with Crippen molar-refractivity contribution in [3.05, 3.63) is 62.3 Å². The number of rotatable bonds is 6. The molecule has 0 bridgehead atoms. The maximum absolute atomic E-state index is 4.60. The fraction of sp³-hybridized carbons (Fsp3) is 0.353. The average molecular weight is 412 g/mol. The Morgan fingerprint density at radius 1 is 1.24 bits per heavy atom. The molecule has 1 unspecified atom stereocenters. The highest BCUT2D eigenvalue weighted by Crippen LogP contribution is 2.27. The van der Waals surface area contributed by atoms with Crippen molar-refractivity contribution >= 4 is 31.9 Å². The number of aryl methyl sites for hydroxylation is 1. The van der Waals surface area contributed by atoms with Gasteiger partial charge in [0.2, 0.25) is 0 Å². The Morgan fingerprint density at radius 2 is 2.00 bits per heavy atom. The molecule has 0 aliphatic carbocycles. The fourth-order valence-corrected chi connectivity index (χ4v) is 3.59. The maximum Gasteiger partial charge on any atom is 0.0719 e. The van der Waals surface area contributed by atoms with Crippen LogP contribution in [0.4, 0.5) is 0 Å². The van der Waals surface area contributed by atoms with Gasteiger partial charge in [0.15, 0.2) is 0 Å². The molecule has 0 spiro atoms. The van der Waals surface area contributed by atoms with E-state index in [4.69, 9.17) is 0 Å². The zero-order valence-electron chi connectivity index (χ0n) is 12.4. The molecule has 2 aromatic rings. The van der Waals surface area contributed by atoms with Gasteiger partial charge in [-0.3, -0.25) is 4.98 Å². The quantitative estimate of drug-likeness (QED) is 0.706. The molecule has 1 N–H and O–H groups in total. The molecule has 21 heavy (non-hydrogen) atoms. The molecule has 1 atom stereocenters. The predicted octanol–water partition coefficient (Wildman–Crippen LogP) is 5.20. The third-order valence-corrected chi connectivity index (χ3v) is 4.56. The lowest BCUT2D eigenvalue weighted by Gasteiger charge is -2.20. The van der Waals surface area contributed by atoms with Crippen LogP contribution in [0.25, 0.3) is 0 Å². The molecule has 0 amide bonds. The molecule has 2 rings (SSSR count).